The molecule has 1 aliphatic carbocycles. The number of rotatable bonds is 8. The quantitative estimate of drug-likeness (QED) is 0.146. The van der Waals surface area contributed by atoms with Gasteiger partial charge in [-0.15, -0.1) is 0 Å². The van der Waals surface area contributed by atoms with E-state index in [1.807, 2.05) is 10.6 Å². The first-order chi connectivity index (χ1) is 14.2. The minimum Gasteiger partial charge on any atom is -0.469 e. The highest BCUT2D eigenvalue weighted by molar-refractivity contribution is 14.1. The molecule has 30 heavy (non-hydrogen) atoms. The number of carbonyl (C=O) groups is 1. The Morgan fingerprint density at radius 1 is 1.27 bits per heavy atom. The van der Waals surface area contributed by atoms with Crippen LogP contribution in [0.1, 0.15) is 25.7 Å². The first kappa shape index (κ1) is 23.7. The summed E-state index contributed by atoms with van der Waals surface area (Å²) in [5, 5.41) is 0.580. The van der Waals surface area contributed by atoms with Crippen LogP contribution in [0.2, 0.25) is 30.7 Å². The Morgan fingerprint density at radius 3 is 2.60 bits per heavy atom. The molecule has 2 aromatic rings. The molecule has 0 amide bonds. The Labute approximate surface area is 197 Å². The van der Waals surface area contributed by atoms with E-state index in [0.29, 0.717) is 33.7 Å². The first-order valence-corrected chi connectivity index (χ1v) is 15.4. The molecule has 0 bridgehead atoms. The van der Waals surface area contributed by atoms with Gasteiger partial charge < -0.3 is 14.2 Å². The molecule has 166 valence electrons. The van der Waals surface area contributed by atoms with Gasteiger partial charge >= 0.3 is 12.0 Å². The second-order valence-electron chi connectivity index (χ2n) is 8.89. The van der Waals surface area contributed by atoms with Gasteiger partial charge in [-0.25, -0.2) is 4.98 Å². The van der Waals surface area contributed by atoms with Crippen molar-refractivity contribution in [1.82, 2.24) is 14.5 Å². The van der Waals surface area contributed by atoms with Crippen LogP contribution in [0.25, 0.3) is 11.2 Å². The predicted octanol–water partition coefficient (Wildman–Crippen LogP) is 5.11. The molecule has 2 heterocycles. The van der Waals surface area contributed by atoms with Gasteiger partial charge in [0.2, 0.25) is 0 Å². The van der Waals surface area contributed by atoms with Gasteiger partial charge in [0.05, 0.1) is 23.6 Å². The molecule has 0 radical (unpaired) electrons. The normalized spacial score (nSPS) is 19.8. The van der Waals surface area contributed by atoms with Crippen molar-refractivity contribution >= 4 is 59.4 Å². The Bertz CT molecular complexity index is 894. The molecule has 1 aliphatic rings. The maximum Gasteiger partial charge on any atom is 0.308 e. The molecule has 2 aromatic heterocycles. The summed E-state index contributed by atoms with van der Waals surface area (Å²) in [7, 11) is 0.269. The van der Waals surface area contributed by atoms with E-state index in [0.717, 1.165) is 37.2 Å². The van der Waals surface area contributed by atoms with E-state index in [1.54, 1.807) is 0 Å². The summed E-state index contributed by atoms with van der Waals surface area (Å²) in [5.74, 6) is -0.175. The number of imidazole rings is 1. The molecular weight excluding hydrogens is 537 g/mol. The van der Waals surface area contributed by atoms with E-state index < -0.39 is 8.07 Å². The van der Waals surface area contributed by atoms with E-state index >= 15 is 0 Å². The average molecular weight is 566 g/mol. The molecule has 0 N–H and O–H groups in total. The number of aromatic nitrogens is 3. The summed E-state index contributed by atoms with van der Waals surface area (Å²) in [6, 6.07) is 3.44. The standard InChI is InChI=1S/C20H29ClIN3O4Si/c1-27-19(26)13-5-7-14(8-6-13)29-20-24-18-16(11-15(21)17(22)23-18)25(20)12-28-9-10-30(2,3)4/h11,13-14H,5-10,12H2,1-4H3. The van der Waals surface area contributed by atoms with Gasteiger partial charge in [-0.1, -0.05) is 31.2 Å². The number of ether oxygens (including phenoxy) is 3. The van der Waals surface area contributed by atoms with Gasteiger partial charge in [0, 0.05) is 14.7 Å². The molecule has 0 aliphatic heterocycles. The third-order valence-corrected chi connectivity index (χ3v) is 8.45. The third kappa shape index (κ3) is 6.07. The minimum atomic E-state index is -1.17. The van der Waals surface area contributed by atoms with E-state index in [9.17, 15) is 4.79 Å². The Kier molecular flexibility index (Phi) is 8.02. The lowest BCUT2D eigenvalue weighted by atomic mass is 9.87. The van der Waals surface area contributed by atoms with E-state index in [-0.39, 0.29) is 18.0 Å². The van der Waals surface area contributed by atoms with Crippen molar-refractivity contribution in [3.8, 4) is 6.01 Å². The summed E-state index contributed by atoms with van der Waals surface area (Å²) in [6.45, 7) is 8.02. The van der Waals surface area contributed by atoms with Crippen LogP contribution in [0, 0.1) is 9.62 Å². The lowest BCUT2D eigenvalue weighted by Gasteiger charge is -2.27. The summed E-state index contributed by atoms with van der Waals surface area (Å²) in [6.07, 6.45) is 3.08. The maximum atomic E-state index is 11.8. The number of esters is 1. The molecular formula is C20H29ClIN3O4Si. The number of halogens is 2. The fraction of sp³-hybridized carbons (Fsp3) is 0.650. The molecule has 1 saturated carbocycles. The summed E-state index contributed by atoms with van der Waals surface area (Å²) < 4.78 is 19.7. The topological polar surface area (TPSA) is 75.5 Å². The second kappa shape index (κ2) is 10.1. The van der Waals surface area contributed by atoms with E-state index in [4.69, 9.17) is 25.8 Å². The zero-order valence-electron chi connectivity index (χ0n) is 17.9. The van der Waals surface area contributed by atoms with Crippen molar-refractivity contribution in [3.63, 3.8) is 0 Å². The summed E-state index contributed by atoms with van der Waals surface area (Å²) in [4.78, 5) is 20.9. The number of hydrogen-bond acceptors (Lipinski definition) is 6. The fourth-order valence-electron chi connectivity index (χ4n) is 3.46. The zero-order chi connectivity index (χ0) is 21.9. The molecule has 0 spiro atoms. The van der Waals surface area contributed by atoms with Crippen LogP contribution in [0.15, 0.2) is 6.07 Å². The number of carbonyl (C=O) groups excluding carboxylic acids is 1. The first-order valence-electron chi connectivity index (χ1n) is 10.2. The second-order valence-corrected chi connectivity index (χ2v) is 15.9. The molecule has 0 atom stereocenters. The van der Waals surface area contributed by atoms with Crippen molar-refractivity contribution < 1.29 is 19.0 Å². The zero-order valence-corrected chi connectivity index (χ0v) is 21.8. The molecule has 1 fully saturated rings. The van der Waals surface area contributed by atoms with Gasteiger partial charge in [-0.3, -0.25) is 9.36 Å². The lowest BCUT2D eigenvalue weighted by molar-refractivity contribution is -0.147. The van der Waals surface area contributed by atoms with Crippen LogP contribution in [-0.2, 0) is 21.0 Å². The average Bonchev–Trinajstić information content (AvgIpc) is 3.00. The summed E-state index contributed by atoms with van der Waals surface area (Å²) >= 11 is 8.41. The molecule has 10 heteroatoms. The van der Waals surface area contributed by atoms with Gasteiger partial charge in [0.15, 0.2) is 5.65 Å². The largest absolute Gasteiger partial charge is 0.469 e. The number of pyridine rings is 1. The SMILES string of the molecule is COC(=O)C1CCC(Oc2nc3nc(I)c(Cl)cc3n2COCC[Si](C)(C)C)CC1. The molecule has 0 unspecified atom stereocenters. The van der Waals surface area contributed by atoms with Gasteiger partial charge in [0.1, 0.15) is 16.5 Å². The number of methoxy groups -OCH3 is 1. The number of fused-ring (bicyclic) bond motifs is 1. The predicted molar refractivity (Wildman–Crippen MR) is 128 cm³/mol. The number of nitrogens with zero attached hydrogens (tertiary/aromatic N) is 3. The molecule has 7 nitrogen and oxygen atoms in total. The van der Waals surface area contributed by atoms with E-state index in [1.165, 1.54) is 7.11 Å². The summed E-state index contributed by atoms with van der Waals surface area (Å²) in [5.41, 5.74) is 1.39. The highest BCUT2D eigenvalue weighted by Gasteiger charge is 2.29. The minimum absolute atomic E-state index is 0.00186. The third-order valence-electron chi connectivity index (χ3n) is 5.31. The monoisotopic (exact) mass is 565 g/mol. The Hall–Kier alpha value is -0.913. The van der Waals surface area contributed by atoms with E-state index in [2.05, 4.69) is 52.2 Å². The Morgan fingerprint density at radius 2 is 1.97 bits per heavy atom. The van der Waals surface area contributed by atoms with Crippen LogP contribution >= 0.6 is 34.2 Å². The van der Waals surface area contributed by atoms with Gasteiger partial charge in [-0.05, 0) is 60.4 Å². The van der Waals surface area contributed by atoms with Crippen molar-refractivity contribution in [2.75, 3.05) is 13.7 Å². The van der Waals surface area contributed by atoms with Crippen molar-refractivity contribution in [3.05, 3.63) is 14.8 Å². The van der Waals surface area contributed by atoms with Crippen molar-refractivity contribution in [2.24, 2.45) is 5.92 Å². The maximum absolute atomic E-state index is 11.8. The highest BCUT2D eigenvalue weighted by atomic mass is 127. The molecule has 3 rings (SSSR count). The van der Waals surface area contributed by atoms with Gasteiger partial charge in [0.25, 0.3) is 0 Å². The fourth-order valence-corrected chi connectivity index (χ4v) is 4.75. The van der Waals surface area contributed by atoms with Crippen LogP contribution in [0.5, 0.6) is 6.01 Å². The Balaban J connectivity index is 1.75. The van der Waals surface area contributed by atoms with Gasteiger partial charge in [-0.2, -0.15) is 4.98 Å². The lowest BCUT2D eigenvalue weighted by Crippen LogP contribution is -2.29. The van der Waals surface area contributed by atoms with Crippen LogP contribution in [-0.4, -0.2) is 48.4 Å². The van der Waals surface area contributed by atoms with Crippen molar-refractivity contribution in [1.29, 1.82) is 0 Å². The van der Waals surface area contributed by atoms with Crippen LogP contribution < -0.4 is 4.74 Å². The van der Waals surface area contributed by atoms with Crippen LogP contribution in [0.3, 0.4) is 0 Å². The smallest absolute Gasteiger partial charge is 0.308 e. The molecule has 0 aromatic carbocycles. The molecule has 0 saturated heterocycles. The number of hydrogen-bond donors (Lipinski definition) is 0. The van der Waals surface area contributed by atoms with Crippen molar-refractivity contribution in [2.45, 2.75) is 64.2 Å². The highest BCUT2D eigenvalue weighted by Crippen LogP contribution is 2.31. The van der Waals surface area contributed by atoms with Crippen LogP contribution in [0.4, 0.5) is 0 Å².